The molecule has 1 saturated carbocycles. The number of rotatable bonds is 6. The van der Waals surface area contributed by atoms with Crippen molar-refractivity contribution in [3.05, 3.63) is 52.4 Å². The van der Waals surface area contributed by atoms with E-state index in [1.54, 1.807) is 0 Å². The van der Waals surface area contributed by atoms with Gasteiger partial charge >= 0.3 is 11.9 Å². The molecule has 1 aromatic carbocycles. The zero-order chi connectivity index (χ0) is 25.8. The molecule has 3 unspecified atom stereocenters. The van der Waals surface area contributed by atoms with Crippen LogP contribution in [-0.2, 0) is 23.9 Å². The first kappa shape index (κ1) is 26.0. The normalized spacial score (nSPS) is 25.0. The topological polar surface area (TPSA) is 90.9 Å². The molecule has 1 aromatic rings. The van der Waals surface area contributed by atoms with Crippen LogP contribution in [-0.4, -0.2) is 37.5 Å². The first-order chi connectivity index (χ1) is 17.3. The highest BCUT2D eigenvalue weighted by Gasteiger charge is 2.47. The fraction of sp³-hybridized carbons (Fsp3) is 0.552. The first-order valence-corrected chi connectivity index (χ1v) is 13.1. The SMILES string of the molecule is CCOc1cccc(C2C(C(=O)OC3CCCCCC3)=C(C)NC3=C2C(=O)C(C(=O)OC)C(C)C3)c1. The largest absolute Gasteiger partial charge is 0.494 e. The minimum absolute atomic E-state index is 0.129. The minimum Gasteiger partial charge on any atom is -0.494 e. The van der Waals surface area contributed by atoms with E-state index in [1.165, 1.54) is 7.11 Å². The Morgan fingerprint density at radius 1 is 1.11 bits per heavy atom. The van der Waals surface area contributed by atoms with Gasteiger partial charge in [-0.05, 0) is 69.6 Å². The zero-order valence-electron chi connectivity index (χ0n) is 21.7. The average molecular weight is 496 g/mol. The first-order valence-electron chi connectivity index (χ1n) is 13.1. The molecule has 0 radical (unpaired) electrons. The van der Waals surface area contributed by atoms with E-state index in [0.717, 1.165) is 49.8 Å². The molecule has 2 aliphatic carbocycles. The molecule has 0 spiro atoms. The lowest BCUT2D eigenvalue weighted by atomic mass is 9.69. The molecule has 3 aliphatic rings. The molecule has 0 aromatic heterocycles. The van der Waals surface area contributed by atoms with E-state index in [2.05, 4.69) is 5.32 Å². The summed E-state index contributed by atoms with van der Waals surface area (Å²) < 4.78 is 16.8. The number of Topliss-reactive ketones (excluding diaryl/α,β-unsaturated/α-hetero) is 1. The van der Waals surface area contributed by atoms with Gasteiger partial charge in [0.1, 0.15) is 17.8 Å². The summed E-state index contributed by atoms with van der Waals surface area (Å²) in [5, 5.41) is 3.33. The Labute approximate surface area is 213 Å². The number of hydrogen-bond acceptors (Lipinski definition) is 7. The monoisotopic (exact) mass is 495 g/mol. The van der Waals surface area contributed by atoms with E-state index < -0.39 is 23.8 Å². The number of carbonyl (C=O) groups excluding carboxylic acids is 3. The van der Waals surface area contributed by atoms with Gasteiger partial charge in [0.15, 0.2) is 5.78 Å². The molecule has 194 valence electrons. The second-order valence-corrected chi connectivity index (χ2v) is 10.1. The second-order valence-electron chi connectivity index (χ2n) is 10.1. The highest BCUT2D eigenvalue weighted by molar-refractivity contribution is 6.12. The molecular formula is C29H37NO6. The smallest absolute Gasteiger partial charge is 0.337 e. The van der Waals surface area contributed by atoms with Crippen molar-refractivity contribution in [2.45, 2.75) is 77.7 Å². The minimum atomic E-state index is -0.911. The van der Waals surface area contributed by atoms with Crippen LogP contribution in [0.1, 0.15) is 77.2 Å². The van der Waals surface area contributed by atoms with Crippen molar-refractivity contribution in [1.29, 1.82) is 0 Å². The Balaban J connectivity index is 1.78. The summed E-state index contributed by atoms with van der Waals surface area (Å²) >= 11 is 0. The number of ether oxygens (including phenoxy) is 3. The summed E-state index contributed by atoms with van der Waals surface area (Å²) in [6, 6.07) is 7.48. The van der Waals surface area contributed by atoms with Crippen LogP contribution >= 0.6 is 0 Å². The maximum atomic E-state index is 13.9. The summed E-state index contributed by atoms with van der Waals surface area (Å²) in [6.07, 6.45) is 6.47. The van der Waals surface area contributed by atoms with E-state index in [1.807, 2.05) is 45.0 Å². The summed E-state index contributed by atoms with van der Waals surface area (Å²) in [7, 11) is 1.30. The van der Waals surface area contributed by atoms with Gasteiger partial charge in [0.2, 0.25) is 0 Å². The number of ketones is 1. The Bertz CT molecular complexity index is 1080. The average Bonchev–Trinajstić information content (AvgIpc) is 3.12. The van der Waals surface area contributed by atoms with Gasteiger partial charge in [-0.3, -0.25) is 9.59 Å². The van der Waals surface area contributed by atoms with E-state index in [0.29, 0.717) is 35.6 Å². The highest BCUT2D eigenvalue weighted by atomic mass is 16.5. The molecule has 7 heteroatoms. The molecule has 3 atom stereocenters. The van der Waals surface area contributed by atoms with Crippen LogP contribution in [0.3, 0.4) is 0 Å². The van der Waals surface area contributed by atoms with Crippen LogP contribution in [0.5, 0.6) is 5.75 Å². The summed E-state index contributed by atoms with van der Waals surface area (Å²) in [5.74, 6) is -2.40. The molecule has 36 heavy (non-hydrogen) atoms. The van der Waals surface area contributed by atoms with Gasteiger partial charge in [-0.2, -0.15) is 0 Å². The number of hydrogen-bond donors (Lipinski definition) is 1. The van der Waals surface area contributed by atoms with Crippen molar-refractivity contribution in [3.63, 3.8) is 0 Å². The maximum Gasteiger partial charge on any atom is 0.337 e. The highest BCUT2D eigenvalue weighted by Crippen LogP contribution is 2.46. The maximum absolute atomic E-state index is 13.9. The number of nitrogens with one attached hydrogen (secondary N) is 1. The molecule has 1 N–H and O–H groups in total. The molecule has 0 bridgehead atoms. The lowest BCUT2D eigenvalue weighted by Crippen LogP contribution is -2.43. The second kappa shape index (κ2) is 11.3. The fourth-order valence-corrected chi connectivity index (χ4v) is 5.81. The molecule has 1 heterocycles. The van der Waals surface area contributed by atoms with Gasteiger partial charge in [0.25, 0.3) is 0 Å². The van der Waals surface area contributed by atoms with Crippen molar-refractivity contribution in [2.75, 3.05) is 13.7 Å². The van der Waals surface area contributed by atoms with Crippen molar-refractivity contribution in [1.82, 2.24) is 5.32 Å². The Kier molecular flexibility index (Phi) is 8.17. The van der Waals surface area contributed by atoms with E-state index in [9.17, 15) is 14.4 Å². The molecule has 0 amide bonds. The van der Waals surface area contributed by atoms with Gasteiger partial charge in [0.05, 0.1) is 19.3 Å². The number of methoxy groups -OCH3 is 1. The fourth-order valence-electron chi connectivity index (χ4n) is 5.81. The number of allylic oxidation sites excluding steroid dienone is 3. The van der Waals surface area contributed by atoms with Crippen LogP contribution in [0.25, 0.3) is 0 Å². The standard InChI is InChI=1S/C29H37NO6/c1-5-35-21-14-10-11-19(16-21)25-24(29(33)36-20-12-8-6-7-9-13-20)18(3)30-22-15-17(2)23(28(32)34-4)27(31)26(22)25/h10-11,14,16-17,20,23,25,30H,5-9,12-13,15H2,1-4H3. The Morgan fingerprint density at radius 2 is 1.83 bits per heavy atom. The Hall–Kier alpha value is -3.09. The molecule has 0 saturated heterocycles. The van der Waals surface area contributed by atoms with Gasteiger partial charge < -0.3 is 19.5 Å². The van der Waals surface area contributed by atoms with Crippen molar-refractivity contribution < 1.29 is 28.6 Å². The molecule has 1 aliphatic heterocycles. The zero-order valence-corrected chi connectivity index (χ0v) is 21.7. The summed E-state index contributed by atoms with van der Waals surface area (Å²) in [4.78, 5) is 40.2. The Morgan fingerprint density at radius 3 is 2.50 bits per heavy atom. The molecule has 7 nitrogen and oxygen atoms in total. The van der Waals surface area contributed by atoms with Gasteiger partial charge in [0, 0.05) is 22.9 Å². The molecular weight excluding hydrogens is 458 g/mol. The van der Waals surface area contributed by atoms with Gasteiger partial charge in [-0.1, -0.05) is 31.9 Å². The quantitative estimate of drug-likeness (QED) is 0.339. The predicted molar refractivity (Wildman–Crippen MR) is 135 cm³/mol. The van der Waals surface area contributed by atoms with Crippen molar-refractivity contribution in [2.24, 2.45) is 11.8 Å². The number of dihydropyridines is 1. The van der Waals surface area contributed by atoms with Crippen LogP contribution in [0, 0.1) is 11.8 Å². The lowest BCUT2D eigenvalue weighted by Gasteiger charge is -2.38. The van der Waals surface area contributed by atoms with Crippen LogP contribution in [0.15, 0.2) is 46.8 Å². The van der Waals surface area contributed by atoms with Crippen molar-refractivity contribution >= 4 is 17.7 Å². The molecule has 1 fully saturated rings. The predicted octanol–water partition coefficient (Wildman–Crippen LogP) is 4.96. The third kappa shape index (κ3) is 5.20. The van der Waals surface area contributed by atoms with Crippen molar-refractivity contribution in [3.8, 4) is 5.75 Å². The van der Waals surface area contributed by atoms with Crippen LogP contribution < -0.4 is 10.1 Å². The summed E-state index contributed by atoms with van der Waals surface area (Å²) in [6.45, 7) is 6.14. The van der Waals surface area contributed by atoms with E-state index in [-0.39, 0.29) is 17.8 Å². The van der Waals surface area contributed by atoms with Gasteiger partial charge in [-0.25, -0.2) is 4.79 Å². The van der Waals surface area contributed by atoms with E-state index in [4.69, 9.17) is 14.2 Å². The lowest BCUT2D eigenvalue weighted by molar-refractivity contribution is -0.151. The number of esters is 2. The van der Waals surface area contributed by atoms with E-state index >= 15 is 0 Å². The van der Waals surface area contributed by atoms with Crippen LogP contribution in [0.4, 0.5) is 0 Å². The van der Waals surface area contributed by atoms with Gasteiger partial charge in [-0.15, -0.1) is 0 Å². The summed E-state index contributed by atoms with van der Waals surface area (Å²) in [5.41, 5.74) is 3.04. The third-order valence-corrected chi connectivity index (χ3v) is 7.54. The van der Waals surface area contributed by atoms with Crippen LogP contribution in [0.2, 0.25) is 0 Å². The molecule has 4 rings (SSSR count). The number of benzene rings is 1. The third-order valence-electron chi connectivity index (χ3n) is 7.54. The number of carbonyl (C=O) groups is 3.